The molecular weight excluding hydrogens is 346 g/mol. The predicted octanol–water partition coefficient (Wildman–Crippen LogP) is 3.05. The van der Waals surface area contributed by atoms with Crippen molar-refractivity contribution in [3.8, 4) is 0 Å². The van der Waals surface area contributed by atoms with Crippen LogP contribution in [0.15, 0.2) is 42.5 Å². The minimum atomic E-state index is -0.700. The van der Waals surface area contributed by atoms with Gasteiger partial charge in [0.15, 0.2) is 6.61 Å². The Hall–Kier alpha value is -3.35. The summed E-state index contributed by atoms with van der Waals surface area (Å²) in [6, 6.07) is 12.1. The van der Waals surface area contributed by atoms with Gasteiger partial charge in [-0.3, -0.25) is 10.1 Å². The molecule has 0 heterocycles. The molecule has 2 rings (SSSR count). The summed E-state index contributed by atoms with van der Waals surface area (Å²) >= 11 is 0. The van der Waals surface area contributed by atoms with Crippen LogP contribution in [0.1, 0.15) is 28.4 Å². The van der Waals surface area contributed by atoms with Crippen molar-refractivity contribution in [2.75, 3.05) is 18.5 Å². The monoisotopic (exact) mass is 369 g/mol. The number of carbonyl (C=O) groups excluding carboxylic acids is 3. The highest BCUT2D eigenvalue weighted by Gasteiger charge is 2.16. The first-order valence-electron chi connectivity index (χ1n) is 8.59. The molecule has 3 amide bonds. The van der Waals surface area contributed by atoms with Crippen LogP contribution in [0.3, 0.4) is 0 Å². The van der Waals surface area contributed by atoms with Crippen molar-refractivity contribution in [3.63, 3.8) is 0 Å². The van der Waals surface area contributed by atoms with Crippen LogP contribution in [0.25, 0.3) is 0 Å². The summed E-state index contributed by atoms with van der Waals surface area (Å²) in [4.78, 5) is 35.3. The topological polar surface area (TPSA) is 96.5 Å². The first kappa shape index (κ1) is 20.0. The second kappa shape index (κ2) is 9.38. The van der Waals surface area contributed by atoms with Gasteiger partial charge in [-0.1, -0.05) is 24.3 Å². The van der Waals surface area contributed by atoms with E-state index in [2.05, 4.69) is 16.0 Å². The van der Waals surface area contributed by atoms with E-state index < -0.39 is 24.5 Å². The number of hydrogen-bond donors (Lipinski definition) is 3. The number of esters is 1. The van der Waals surface area contributed by atoms with Crippen LogP contribution in [0, 0.1) is 13.8 Å². The number of ether oxygens (including phenoxy) is 1. The summed E-state index contributed by atoms with van der Waals surface area (Å²) in [5.41, 5.74) is 3.94. The fourth-order valence-corrected chi connectivity index (χ4v) is 2.38. The maximum atomic E-state index is 12.4. The Morgan fingerprint density at radius 2 is 1.67 bits per heavy atom. The Bertz CT molecular complexity index is 849. The van der Waals surface area contributed by atoms with E-state index in [9.17, 15) is 14.4 Å². The summed E-state index contributed by atoms with van der Waals surface area (Å²) in [6.45, 7) is 5.56. The van der Waals surface area contributed by atoms with Crippen LogP contribution in [0.5, 0.6) is 0 Å². The van der Waals surface area contributed by atoms with Crippen molar-refractivity contribution in [1.29, 1.82) is 0 Å². The number of amides is 3. The second-order valence-electron chi connectivity index (χ2n) is 5.90. The molecule has 0 spiro atoms. The number of imide groups is 1. The minimum Gasteiger partial charge on any atom is -0.452 e. The molecule has 0 saturated carbocycles. The molecule has 7 heteroatoms. The van der Waals surface area contributed by atoms with Gasteiger partial charge >= 0.3 is 12.0 Å². The largest absolute Gasteiger partial charge is 0.452 e. The van der Waals surface area contributed by atoms with E-state index in [1.807, 2.05) is 32.0 Å². The Balaban J connectivity index is 2.06. The molecule has 0 unspecified atom stereocenters. The molecule has 0 saturated heterocycles. The molecule has 0 radical (unpaired) electrons. The molecule has 0 aliphatic heterocycles. The normalized spacial score (nSPS) is 10.0. The van der Waals surface area contributed by atoms with Crippen molar-refractivity contribution in [1.82, 2.24) is 10.6 Å². The van der Waals surface area contributed by atoms with E-state index in [-0.39, 0.29) is 0 Å². The molecule has 0 atom stereocenters. The highest BCUT2D eigenvalue weighted by atomic mass is 16.5. The van der Waals surface area contributed by atoms with Gasteiger partial charge < -0.3 is 15.4 Å². The molecule has 3 N–H and O–H groups in total. The third-order valence-corrected chi connectivity index (χ3v) is 3.95. The quantitative estimate of drug-likeness (QED) is 0.680. The zero-order valence-corrected chi connectivity index (χ0v) is 15.6. The number of nitrogens with one attached hydrogen (secondary N) is 3. The summed E-state index contributed by atoms with van der Waals surface area (Å²) in [6.07, 6.45) is 0. The maximum absolute atomic E-state index is 12.4. The summed E-state index contributed by atoms with van der Waals surface area (Å²) in [5, 5.41) is 7.73. The predicted molar refractivity (Wildman–Crippen MR) is 103 cm³/mol. The Kier molecular flexibility index (Phi) is 6.93. The van der Waals surface area contributed by atoms with Gasteiger partial charge in [-0.15, -0.1) is 0 Å². The lowest BCUT2D eigenvalue weighted by atomic mass is 10.1. The van der Waals surface area contributed by atoms with E-state index in [0.717, 1.165) is 16.8 Å². The van der Waals surface area contributed by atoms with Crippen molar-refractivity contribution < 1.29 is 19.1 Å². The van der Waals surface area contributed by atoms with E-state index in [4.69, 9.17) is 4.74 Å². The fraction of sp³-hybridized carbons (Fsp3) is 0.250. The van der Waals surface area contributed by atoms with Gasteiger partial charge in [0.25, 0.3) is 5.91 Å². The van der Waals surface area contributed by atoms with Crippen LogP contribution in [0.2, 0.25) is 0 Å². The second-order valence-corrected chi connectivity index (χ2v) is 5.90. The number of hydrogen-bond acceptors (Lipinski definition) is 5. The first-order chi connectivity index (χ1) is 12.9. The molecule has 2 aromatic rings. The van der Waals surface area contributed by atoms with Gasteiger partial charge in [-0.25, -0.2) is 9.59 Å². The standard InChI is InChI=1S/C20H23N3O4/c1-4-21-20(26)23-18(24)12-27-19(25)15-9-5-6-10-17(15)22-16-11-7-8-13(2)14(16)3/h5-11,22H,4,12H2,1-3H3,(H2,21,23,24,26). The summed E-state index contributed by atoms with van der Waals surface area (Å²) < 4.78 is 5.03. The maximum Gasteiger partial charge on any atom is 0.340 e. The van der Waals surface area contributed by atoms with E-state index >= 15 is 0 Å². The van der Waals surface area contributed by atoms with E-state index in [0.29, 0.717) is 17.8 Å². The lowest BCUT2D eigenvalue weighted by molar-refractivity contribution is -0.123. The Labute approximate surface area is 158 Å². The number of aryl methyl sites for hydroxylation is 1. The SMILES string of the molecule is CCNC(=O)NC(=O)COC(=O)c1ccccc1Nc1cccc(C)c1C. The van der Waals surface area contributed by atoms with Crippen molar-refractivity contribution in [2.45, 2.75) is 20.8 Å². The van der Waals surface area contributed by atoms with E-state index in [1.54, 1.807) is 31.2 Å². The average Bonchev–Trinajstić information content (AvgIpc) is 2.64. The Morgan fingerprint density at radius 3 is 2.41 bits per heavy atom. The molecule has 0 aromatic heterocycles. The highest BCUT2D eigenvalue weighted by Crippen LogP contribution is 2.25. The van der Waals surface area contributed by atoms with Gasteiger partial charge in [0.05, 0.1) is 11.3 Å². The first-order valence-corrected chi connectivity index (χ1v) is 8.59. The van der Waals surface area contributed by atoms with Crippen LogP contribution in [0.4, 0.5) is 16.2 Å². The molecule has 0 fully saturated rings. The zero-order valence-electron chi connectivity index (χ0n) is 15.6. The number of para-hydroxylation sites is 1. The van der Waals surface area contributed by atoms with Gasteiger partial charge in [0, 0.05) is 12.2 Å². The Morgan fingerprint density at radius 1 is 0.963 bits per heavy atom. The van der Waals surface area contributed by atoms with Crippen molar-refractivity contribution in [3.05, 3.63) is 59.2 Å². The van der Waals surface area contributed by atoms with Crippen molar-refractivity contribution >= 4 is 29.3 Å². The average molecular weight is 369 g/mol. The molecule has 0 aliphatic carbocycles. The van der Waals surface area contributed by atoms with Gasteiger partial charge in [0.1, 0.15) is 0 Å². The third kappa shape index (κ3) is 5.57. The molecule has 2 aromatic carbocycles. The molecule has 0 bridgehead atoms. The van der Waals surface area contributed by atoms with Gasteiger partial charge in [0.2, 0.25) is 0 Å². The lowest BCUT2D eigenvalue weighted by Gasteiger charge is -2.14. The smallest absolute Gasteiger partial charge is 0.340 e. The van der Waals surface area contributed by atoms with Crippen LogP contribution in [-0.4, -0.2) is 31.1 Å². The van der Waals surface area contributed by atoms with Crippen molar-refractivity contribution in [2.24, 2.45) is 0 Å². The molecule has 7 nitrogen and oxygen atoms in total. The van der Waals surface area contributed by atoms with Crippen LogP contribution >= 0.6 is 0 Å². The minimum absolute atomic E-state index is 0.296. The van der Waals surface area contributed by atoms with E-state index in [1.165, 1.54) is 0 Å². The molecular formula is C20H23N3O4. The fourth-order valence-electron chi connectivity index (χ4n) is 2.38. The lowest BCUT2D eigenvalue weighted by Crippen LogP contribution is -2.41. The number of urea groups is 1. The molecule has 27 heavy (non-hydrogen) atoms. The zero-order chi connectivity index (χ0) is 19.8. The number of carbonyl (C=O) groups is 3. The summed E-state index contributed by atoms with van der Waals surface area (Å²) in [7, 11) is 0. The summed E-state index contributed by atoms with van der Waals surface area (Å²) in [5.74, 6) is -1.36. The van der Waals surface area contributed by atoms with Crippen LogP contribution in [-0.2, 0) is 9.53 Å². The number of anilines is 2. The molecule has 142 valence electrons. The van der Waals surface area contributed by atoms with Crippen LogP contribution < -0.4 is 16.0 Å². The number of benzene rings is 2. The molecule has 0 aliphatic rings. The number of rotatable bonds is 6. The van der Waals surface area contributed by atoms with Gasteiger partial charge in [-0.2, -0.15) is 0 Å². The highest BCUT2D eigenvalue weighted by molar-refractivity contribution is 5.99. The third-order valence-electron chi connectivity index (χ3n) is 3.95. The van der Waals surface area contributed by atoms with Gasteiger partial charge in [-0.05, 0) is 50.1 Å².